The molecule has 0 radical (unpaired) electrons. The standard InChI is InChI=1S/C49H35N3O/c1-4-11-32(12-5-1)37-23-25-40-30-38(24-26-39(40)29-37)33-19-21-34(22-20-33)41-27-28-44-43(31-41)46-42(17-10-18-45(46)53-44)49-51-47(35-13-6-2-7-14-35)50-48(52-49)36-15-8-3-9-16-36/h1-2,4-8,10-26,29-31H,3,9,27-28H2. The van der Waals surface area contributed by atoms with Crippen LogP contribution < -0.4 is 0 Å². The molecule has 4 nitrogen and oxygen atoms in total. The molecule has 0 amide bonds. The Bertz CT molecular complexity index is 2750. The predicted octanol–water partition coefficient (Wildman–Crippen LogP) is 12.7. The quantitative estimate of drug-likeness (QED) is 0.175. The van der Waals surface area contributed by atoms with Gasteiger partial charge in [-0.3, -0.25) is 0 Å². The summed E-state index contributed by atoms with van der Waals surface area (Å²) in [5.41, 5.74) is 12.3. The van der Waals surface area contributed by atoms with Crippen molar-refractivity contribution in [3.05, 3.63) is 180 Å². The van der Waals surface area contributed by atoms with E-state index in [-0.39, 0.29) is 0 Å². The summed E-state index contributed by atoms with van der Waals surface area (Å²) in [6.07, 6.45) is 12.6. The Balaban J connectivity index is 1.00. The van der Waals surface area contributed by atoms with Crippen LogP contribution in [-0.4, -0.2) is 15.0 Å². The first-order chi connectivity index (χ1) is 26.2. The molecule has 0 saturated heterocycles. The molecule has 2 aliphatic carbocycles. The molecule has 0 N–H and O–H groups in total. The minimum Gasteiger partial charge on any atom is -0.460 e. The molecule has 0 saturated carbocycles. The number of aryl methyl sites for hydroxylation is 1. The van der Waals surface area contributed by atoms with Crippen LogP contribution in [0.25, 0.3) is 84.0 Å². The molecule has 2 aliphatic rings. The molecule has 2 aromatic heterocycles. The van der Waals surface area contributed by atoms with Gasteiger partial charge in [-0.25, -0.2) is 15.0 Å². The summed E-state index contributed by atoms with van der Waals surface area (Å²) in [6.45, 7) is 0. The van der Waals surface area contributed by atoms with Crippen LogP contribution in [0.2, 0.25) is 0 Å². The number of hydrogen-bond acceptors (Lipinski definition) is 4. The van der Waals surface area contributed by atoms with Crippen LogP contribution in [0.15, 0.2) is 162 Å². The van der Waals surface area contributed by atoms with Crippen molar-refractivity contribution >= 4 is 39.0 Å². The first kappa shape index (κ1) is 31.1. The van der Waals surface area contributed by atoms with Crippen molar-refractivity contribution in [2.75, 3.05) is 0 Å². The lowest BCUT2D eigenvalue weighted by Crippen LogP contribution is -2.03. The molecule has 252 valence electrons. The second kappa shape index (κ2) is 13.2. The maximum atomic E-state index is 6.50. The molecule has 53 heavy (non-hydrogen) atoms. The highest BCUT2D eigenvalue weighted by Gasteiger charge is 2.23. The lowest BCUT2D eigenvalue weighted by atomic mass is 9.89. The summed E-state index contributed by atoms with van der Waals surface area (Å²) in [6, 6.07) is 49.4. The number of nitrogens with zero attached hydrogens (tertiary/aromatic N) is 3. The Hall–Kier alpha value is -6.65. The molecule has 0 bridgehead atoms. The van der Waals surface area contributed by atoms with Gasteiger partial charge in [-0.15, -0.1) is 0 Å². The van der Waals surface area contributed by atoms with Crippen LogP contribution in [0.3, 0.4) is 0 Å². The zero-order chi connectivity index (χ0) is 35.1. The van der Waals surface area contributed by atoms with Gasteiger partial charge in [-0.1, -0.05) is 140 Å². The van der Waals surface area contributed by atoms with Crippen LogP contribution in [0.1, 0.15) is 42.0 Å². The van der Waals surface area contributed by atoms with E-state index in [1.165, 1.54) is 44.2 Å². The summed E-state index contributed by atoms with van der Waals surface area (Å²) < 4.78 is 6.50. The van der Waals surface area contributed by atoms with E-state index in [0.29, 0.717) is 17.5 Å². The molecular formula is C49H35N3O. The predicted molar refractivity (Wildman–Crippen MR) is 218 cm³/mol. The minimum absolute atomic E-state index is 0.652. The second-order valence-electron chi connectivity index (χ2n) is 13.8. The number of rotatable bonds is 6. The van der Waals surface area contributed by atoms with Crippen molar-refractivity contribution in [1.82, 2.24) is 15.0 Å². The van der Waals surface area contributed by atoms with Gasteiger partial charge in [0.25, 0.3) is 0 Å². The molecule has 0 aliphatic heterocycles. The molecule has 10 rings (SSSR count). The van der Waals surface area contributed by atoms with Crippen molar-refractivity contribution in [2.45, 2.75) is 25.7 Å². The Labute approximate surface area is 308 Å². The molecular weight excluding hydrogens is 647 g/mol. The van der Waals surface area contributed by atoms with Crippen molar-refractivity contribution in [1.29, 1.82) is 0 Å². The van der Waals surface area contributed by atoms with Crippen molar-refractivity contribution in [3.63, 3.8) is 0 Å². The molecule has 8 aromatic rings. The fraction of sp³-hybridized carbons (Fsp3) is 0.0816. The number of benzene rings is 6. The fourth-order valence-electron chi connectivity index (χ4n) is 7.70. The molecule has 6 aromatic carbocycles. The summed E-state index contributed by atoms with van der Waals surface area (Å²) in [5.74, 6) is 3.02. The Kier molecular flexibility index (Phi) is 7.72. The molecule has 0 fully saturated rings. The number of allylic oxidation sites excluding steroid dienone is 5. The smallest absolute Gasteiger partial charge is 0.164 e. The molecule has 0 spiro atoms. The highest BCUT2D eigenvalue weighted by molar-refractivity contribution is 6.03. The normalized spacial score (nSPS) is 13.9. The summed E-state index contributed by atoms with van der Waals surface area (Å²) >= 11 is 0. The van der Waals surface area contributed by atoms with E-state index in [1.807, 2.05) is 24.3 Å². The van der Waals surface area contributed by atoms with E-state index in [4.69, 9.17) is 19.4 Å². The highest BCUT2D eigenvalue weighted by atomic mass is 16.3. The SMILES string of the molecule is C1=CC(c2nc(-c3ccccc3)nc(-c3cccc4oc5c(c34)C=C(c3ccc(-c4ccc6cc(-c7ccccc7)ccc6c4)cc3)CC5)n2)=CCC1. The Morgan fingerprint density at radius 3 is 1.85 bits per heavy atom. The topological polar surface area (TPSA) is 51.8 Å². The van der Waals surface area contributed by atoms with E-state index in [1.54, 1.807) is 0 Å². The largest absolute Gasteiger partial charge is 0.460 e. The van der Waals surface area contributed by atoms with Gasteiger partial charge >= 0.3 is 0 Å². The van der Waals surface area contributed by atoms with Crippen LogP contribution in [0.5, 0.6) is 0 Å². The van der Waals surface area contributed by atoms with Gasteiger partial charge in [0.2, 0.25) is 0 Å². The van der Waals surface area contributed by atoms with Gasteiger partial charge in [-0.2, -0.15) is 0 Å². The number of furan rings is 1. The van der Waals surface area contributed by atoms with Crippen LogP contribution >= 0.6 is 0 Å². The summed E-state index contributed by atoms with van der Waals surface area (Å²) in [4.78, 5) is 15.1. The first-order valence-electron chi connectivity index (χ1n) is 18.4. The van der Waals surface area contributed by atoms with Gasteiger partial charge in [0, 0.05) is 34.1 Å². The van der Waals surface area contributed by atoms with Gasteiger partial charge in [-0.05, 0) is 87.7 Å². The number of fused-ring (bicyclic) bond motifs is 4. The Morgan fingerprint density at radius 1 is 0.491 bits per heavy atom. The molecule has 0 atom stereocenters. The fourth-order valence-corrected chi connectivity index (χ4v) is 7.70. The van der Waals surface area contributed by atoms with E-state index in [9.17, 15) is 0 Å². The van der Waals surface area contributed by atoms with Gasteiger partial charge in [0.05, 0.1) is 0 Å². The zero-order valence-electron chi connectivity index (χ0n) is 29.2. The lowest BCUT2D eigenvalue weighted by molar-refractivity contribution is 0.548. The van der Waals surface area contributed by atoms with E-state index >= 15 is 0 Å². The van der Waals surface area contributed by atoms with E-state index in [0.717, 1.165) is 64.7 Å². The van der Waals surface area contributed by atoms with Crippen molar-refractivity contribution in [2.24, 2.45) is 0 Å². The van der Waals surface area contributed by atoms with Crippen LogP contribution in [-0.2, 0) is 6.42 Å². The van der Waals surface area contributed by atoms with Crippen molar-refractivity contribution < 1.29 is 4.42 Å². The van der Waals surface area contributed by atoms with Gasteiger partial charge < -0.3 is 4.42 Å². The Morgan fingerprint density at radius 2 is 1.13 bits per heavy atom. The van der Waals surface area contributed by atoms with E-state index < -0.39 is 0 Å². The third-order valence-electron chi connectivity index (χ3n) is 10.5. The third-order valence-corrected chi connectivity index (χ3v) is 10.5. The van der Waals surface area contributed by atoms with Crippen molar-refractivity contribution in [3.8, 4) is 45.0 Å². The minimum atomic E-state index is 0.652. The van der Waals surface area contributed by atoms with E-state index in [2.05, 4.69) is 140 Å². The average Bonchev–Trinajstić information content (AvgIpc) is 3.62. The van der Waals surface area contributed by atoms with Crippen LogP contribution in [0, 0.1) is 0 Å². The molecule has 0 unspecified atom stereocenters. The average molecular weight is 682 g/mol. The second-order valence-corrected chi connectivity index (χ2v) is 13.8. The maximum absolute atomic E-state index is 6.50. The number of hydrogen-bond donors (Lipinski definition) is 0. The lowest BCUT2D eigenvalue weighted by Gasteiger charge is -2.15. The summed E-state index contributed by atoms with van der Waals surface area (Å²) in [5, 5.41) is 3.53. The first-order valence-corrected chi connectivity index (χ1v) is 18.4. The third kappa shape index (κ3) is 5.88. The van der Waals surface area contributed by atoms with Gasteiger partial charge in [0.1, 0.15) is 11.3 Å². The molecule has 4 heteroatoms. The zero-order valence-corrected chi connectivity index (χ0v) is 29.2. The summed E-state index contributed by atoms with van der Waals surface area (Å²) in [7, 11) is 0. The van der Waals surface area contributed by atoms with Gasteiger partial charge in [0.15, 0.2) is 17.5 Å². The monoisotopic (exact) mass is 681 g/mol. The highest BCUT2D eigenvalue weighted by Crippen LogP contribution is 2.41. The number of aromatic nitrogens is 3. The maximum Gasteiger partial charge on any atom is 0.164 e. The molecule has 2 heterocycles. The van der Waals surface area contributed by atoms with Crippen LogP contribution in [0.4, 0.5) is 0 Å².